The van der Waals surface area contributed by atoms with Crippen LogP contribution in [0.4, 0.5) is 24.0 Å². The summed E-state index contributed by atoms with van der Waals surface area (Å²) in [6, 6.07) is 19.3. The third-order valence-corrected chi connectivity index (χ3v) is 7.35. The molecule has 0 saturated heterocycles. The van der Waals surface area contributed by atoms with Gasteiger partial charge in [-0.1, -0.05) is 36.4 Å². The molecule has 0 radical (unpaired) electrons. The van der Waals surface area contributed by atoms with Crippen molar-refractivity contribution in [2.75, 3.05) is 10.6 Å². The number of benzene rings is 3. The van der Waals surface area contributed by atoms with E-state index in [-0.39, 0.29) is 22.7 Å². The second kappa shape index (κ2) is 13.3. The van der Waals surface area contributed by atoms with Crippen LogP contribution in [-0.2, 0) is 15.8 Å². The van der Waals surface area contributed by atoms with Crippen molar-refractivity contribution in [1.29, 1.82) is 0 Å². The minimum absolute atomic E-state index is 0.217. The van der Waals surface area contributed by atoms with Gasteiger partial charge < -0.3 is 16.0 Å². The number of hydrogen-bond donors (Lipinski definition) is 3. The first-order valence-electron chi connectivity index (χ1n) is 12.1. The van der Waals surface area contributed by atoms with Gasteiger partial charge in [-0.05, 0) is 61.0 Å². The van der Waals surface area contributed by atoms with Crippen molar-refractivity contribution in [2.24, 2.45) is 0 Å². The molecular formula is C29H23F3N4O3S2. The molecule has 3 amide bonds. The SMILES string of the molecule is C[C@H](Sc1ccc(NC(=O)/C(=C\c2ccccc2C(F)(F)F)NC(=O)c2ccccc2)cc1)C(=O)Nc1nccs1. The lowest BCUT2D eigenvalue weighted by molar-refractivity contribution is -0.137. The highest BCUT2D eigenvalue weighted by Gasteiger charge is 2.33. The normalized spacial score (nSPS) is 12.3. The Balaban J connectivity index is 1.51. The first-order chi connectivity index (χ1) is 19.6. The number of nitrogens with zero attached hydrogens (tertiary/aromatic N) is 1. The third kappa shape index (κ3) is 8.29. The average Bonchev–Trinajstić information content (AvgIpc) is 3.47. The third-order valence-electron chi connectivity index (χ3n) is 5.55. The summed E-state index contributed by atoms with van der Waals surface area (Å²) in [5.41, 5.74) is -1.04. The molecule has 0 spiro atoms. The van der Waals surface area contributed by atoms with Gasteiger partial charge in [0.1, 0.15) is 5.70 Å². The Morgan fingerprint density at radius 2 is 1.61 bits per heavy atom. The van der Waals surface area contributed by atoms with Gasteiger partial charge in [0.2, 0.25) is 5.91 Å². The summed E-state index contributed by atoms with van der Waals surface area (Å²) in [4.78, 5) is 43.2. The molecule has 0 unspecified atom stereocenters. The van der Waals surface area contributed by atoms with E-state index in [1.165, 1.54) is 53.4 Å². The number of aromatic nitrogens is 1. The number of rotatable bonds is 9. The van der Waals surface area contributed by atoms with E-state index in [9.17, 15) is 27.6 Å². The minimum atomic E-state index is -4.67. The van der Waals surface area contributed by atoms with Crippen molar-refractivity contribution < 1.29 is 27.6 Å². The van der Waals surface area contributed by atoms with Gasteiger partial charge >= 0.3 is 6.18 Å². The lowest BCUT2D eigenvalue weighted by Gasteiger charge is -2.14. The summed E-state index contributed by atoms with van der Waals surface area (Å²) < 4.78 is 40.8. The molecule has 4 aromatic rings. The lowest BCUT2D eigenvalue weighted by atomic mass is 10.1. The number of thioether (sulfide) groups is 1. The molecule has 0 saturated carbocycles. The van der Waals surface area contributed by atoms with Crippen molar-refractivity contribution in [1.82, 2.24) is 10.3 Å². The number of thiazole rings is 1. The smallest absolute Gasteiger partial charge is 0.321 e. The van der Waals surface area contributed by atoms with Crippen LogP contribution in [0.1, 0.15) is 28.4 Å². The molecule has 12 heteroatoms. The van der Waals surface area contributed by atoms with E-state index >= 15 is 0 Å². The second-order valence-corrected chi connectivity index (χ2v) is 10.8. The number of alkyl halides is 3. The Hall–Kier alpha value is -4.42. The number of amides is 3. The molecular weight excluding hydrogens is 573 g/mol. The molecule has 210 valence electrons. The van der Waals surface area contributed by atoms with Crippen molar-refractivity contribution in [3.63, 3.8) is 0 Å². The number of hydrogen-bond acceptors (Lipinski definition) is 6. The van der Waals surface area contributed by atoms with Crippen LogP contribution in [0.3, 0.4) is 0 Å². The predicted molar refractivity (Wildman–Crippen MR) is 154 cm³/mol. The first kappa shape index (κ1) is 29.6. The molecule has 0 aliphatic rings. The average molecular weight is 597 g/mol. The van der Waals surface area contributed by atoms with Crippen LogP contribution < -0.4 is 16.0 Å². The Morgan fingerprint density at radius 1 is 0.927 bits per heavy atom. The zero-order chi connectivity index (χ0) is 29.4. The Labute approximate surface area is 241 Å². The zero-order valence-corrected chi connectivity index (χ0v) is 23.1. The van der Waals surface area contributed by atoms with Gasteiger partial charge in [0, 0.05) is 27.7 Å². The van der Waals surface area contributed by atoms with E-state index in [4.69, 9.17) is 0 Å². The van der Waals surface area contributed by atoms with Crippen LogP contribution >= 0.6 is 23.1 Å². The fourth-order valence-electron chi connectivity index (χ4n) is 3.54. The van der Waals surface area contributed by atoms with E-state index in [1.807, 2.05) is 0 Å². The molecule has 7 nitrogen and oxygen atoms in total. The van der Waals surface area contributed by atoms with Crippen LogP contribution in [0.2, 0.25) is 0 Å². The van der Waals surface area contributed by atoms with Gasteiger partial charge in [-0.15, -0.1) is 23.1 Å². The predicted octanol–water partition coefficient (Wildman–Crippen LogP) is 6.69. The summed E-state index contributed by atoms with van der Waals surface area (Å²) in [6.45, 7) is 1.74. The molecule has 3 aromatic carbocycles. The van der Waals surface area contributed by atoms with Gasteiger partial charge in [-0.3, -0.25) is 14.4 Å². The van der Waals surface area contributed by atoms with Gasteiger partial charge in [0.05, 0.1) is 10.8 Å². The summed E-state index contributed by atoms with van der Waals surface area (Å²) in [5, 5.41) is 9.60. The number of halogens is 3. The number of anilines is 2. The van der Waals surface area contributed by atoms with E-state index in [0.29, 0.717) is 10.8 Å². The number of carbonyl (C=O) groups is 3. The maximum absolute atomic E-state index is 13.6. The van der Waals surface area contributed by atoms with E-state index < -0.39 is 28.8 Å². The second-order valence-electron chi connectivity index (χ2n) is 8.53. The van der Waals surface area contributed by atoms with Gasteiger partial charge in [0.15, 0.2) is 5.13 Å². The van der Waals surface area contributed by atoms with Crippen molar-refractivity contribution in [3.05, 3.63) is 113 Å². The standard InChI is InChI=1S/C29H23F3N4O3S2/c1-18(25(37)36-28-33-15-16-40-28)41-22-13-11-21(12-14-22)34-27(39)24(35-26(38)19-7-3-2-4-8-19)17-20-9-5-6-10-23(20)29(30,31)32/h2-18H,1H3,(H,34,39)(H,35,38)(H,33,36,37)/b24-17+/t18-/m0/s1. The highest BCUT2D eigenvalue weighted by molar-refractivity contribution is 8.00. The molecule has 0 fully saturated rings. The van der Waals surface area contributed by atoms with E-state index in [2.05, 4.69) is 20.9 Å². The summed E-state index contributed by atoms with van der Waals surface area (Å²) in [5.74, 6) is -1.69. The van der Waals surface area contributed by atoms with E-state index in [1.54, 1.807) is 61.0 Å². The molecule has 0 bridgehead atoms. The molecule has 3 N–H and O–H groups in total. The topological polar surface area (TPSA) is 100 Å². The Bertz CT molecular complexity index is 1540. The van der Waals surface area contributed by atoms with Gasteiger partial charge in [0.25, 0.3) is 11.8 Å². The Morgan fingerprint density at radius 3 is 2.27 bits per heavy atom. The largest absolute Gasteiger partial charge is 0.416 e. The van der Waals surface area contributed by atoms with Crippen LogP contribution in [0.5, 0.6) is 0 Å². The quantitative estimate of drug-likeness (QED) is 0.148. The maximum Gasteiger partial charge on any atom is 0.416 e. The van der Waals surface area contributed by atoms with Crippen LogP contribution in [0, 0.1) is 0 Å². The maximum atomic E-state index is 13.6. The van der Waals surface area contributed by atoms with Crippen molar-refractivity contribution in [2.45, 2.75) is 23.2 Å². The highest BCUT2D eigenvalue weighted by Crippen LogP contribution is 2.33. The van der Waals surface area contributed by atoms with E-state index in [0.717, 1.165) is 17.0 Å². The first-order valence-corrected chi connectivity index (χ1v) is 13.9. The van der Waals surface area contributed by atoms with Crippen LogP contribution in [0.25, 0.3) is 6.08 Å². The molecule has 1 heterocycles. The van der Waals surface area contributed by atoms with Crippen LogP contribution in [0.15, 0.2) is 101 Å². The lowest BCUT2D eigenvalue weighted by Crippen LogP contribution is -2.30. The van der Waals surface area contributed by atoms with Gasteiger partial charge in [-0.25, -0.2) is 4.98 Å². The van der Waals surface area contributed by atoms with Crippen LogP contribution in [-0.4, -0.2) is 28.0 Å². The minimum Gasteiger partial charge on any atom is -0.321 e. The number of carbonyl (C=O) groups excluding carboxylic acids is 3. The van der Waals surface area contributed by atoms with Crippen molar-refractivity contribution in [3.8, 4) is 0 Å². The molecule has 0 aliphatic carbocycles. The molecule has 0 aliphatic heterocycles. The monoisotopic (exact) mass is 596 g/mol. The van der Waals surface area contributed by atoms with Crippen molar-refractivity contribution >= 4 is 57.7 Å². The molecule has 41 heavy (non-hydrogen) atoms. The Kier molecular flexibility index (Phi) is 9.58. The van der Waals surface area contributed by atoms with Gasteiger partial charge in [-0.2, -0.15) is 13.2 Å². The zero-order valence-electron chi connectivity index (χ0n) is 21.4. The summed E-state index contributed by atoms with van der Waals surface area (Å²) in [6.07, 6.45) is -2.08. The fraction of sp³-hybridized carbons (Fsp3) is 0.103. The summed E-state index contributed by atoms with van der Waals surface area (Å²) in [7, 11) is 0. The summed E-state index contributed by atoms with van der Waals surface area (Å²) >= 11 is 2.61. The molecule has 1 aromatic heterocycles. The highest BCUT2D eigenvalue weighted by atomic mass is 32.2. The molecule has 4 rings (SSSR count). The molecule has 1 atom stereocenters. The number of nitrogens with one attached hydrogen (secondary N) is 3. The fourth-order valence-corrected chi connectivity index (χ4v) is 4.94.